The van der Waals surface area contributed by atoms with Crippen LogP contribution in [0, 0.1) is 6.92 Å². The monoisotopic (exact) mass is 358 g/mol. The number of aryl methyl sites for hydroxylation is 1. The molecule has 1 aromatic carbocycles. The van der Waals surface area contributed by atoms with Crippen LogP contribution in [0.1, 0.15) is 30.8 Å². The van der Waals surface area contributed by atoms with E-state index in [9.17, 15) is 4.79 Å². The summed E-state index contributed by atoms with van der Waals surface area (Å²) >= 11 is 0. The lowest BCUT2D eigenvalue weighted by Crippen LogP contribution is -2.30. The second kappa shape index (κ2) is 9.29. The summed E-state index contributed by atoms with van der Waals surface area (Å²) < 4.78 is 16.9. The van der Waals surface area contributed by atoms with Gasteiger partial charge in [-0.1, -0.05) is 0 Å². The first-order chi connectivity index (χ1) is 12.7. The molecule has 1 aliphatic rings. The summed E-state index contributed by atoms with van der Waals surface area (Å²) in [7, 11) is 0. The molecule has 140 valence electrons. The lowest BCUT2D eigenvalue weighted by atomic mass is 10.1. The predicted octanol–water partition coefficient (Wildman–Crippen LogP) is 3.90. The Balaban J connectivity index is 1.36. The van der Waals surface area contributed by atoms with Crippen LogP contribution < -0.4 is 15.4 Å². The highest BCUT2D eigenvalue weighted by atomic mass is 16.5. The second-order valence-electron chi connectivity index (χ2n) is 6.47. The Morgan fingerprint density at radius 2 is 2.04 bits per heavy atom. The third kappa shape index (κ3) is 5.81. The minimum atomic E-state index is -0.238. The van der Waals surface area contributed by atoms with Crippen molar-refractivity contribution < 1.29 is 18.7 Å². The molecule has 1 unspecified atom stereocenters. The molecule has 0 aliphatic carbocycles. The molecular weight excluding hydrogens is 332 g/mol. The molecule has 26 heavy (non-hydrogen) atoms. The van der Waals surface area contributed by atoms with Crippen molar-refractivity contribution in [2.75, 3.05) is 25.1 Å². The van der Waals surface area contributed by atoms with Gasteiger partial charge in [0.15, 0.2) is 0 Å². The smallest absolute Gasteiger partial charge is 0.319 e. The topological polar surface area (TPSA) is 72.7 Å². The van der Waals surface area contributed by atoms with Crippen molar-refractivity contribution in [3.63, 3.8) is 0 Å². The maximum atomic E-state index is 11.9. The minimum absolute atomic E-state index is 0.185. The lowest BCUT2D eigenvalue weighted by Gasteiger charge is -2.22. The normalized spacial score (nSPS) is 16.9. The number of hydrogen-bond acceptors (Lipinski definition) is 4. The number of furan rings is 1. The number of carbonyl (C=O) groups is 1. The van der Waals surface area contributed by atoms with E-state index in [2.05, 4.69) is 10.6 Å². The van der Waals surface area contributed by atoms with Crippen molar-refractivity contribution in [3.05, 3.63) is 47.9 Å². The Labute approximate surface area is 153 Å². The summed E-state index contributed by atoms with van der Waals surface area (Å²) in [4.78, 5) is 11.9. The third-order valence-corrected chi connectivity index (χ3v) is 4.28. The van der Waals surface area contributed by atoms with E-state index in [0.717, 1.165) is 42.4 Å². The predicted molar refractivity (Wildman–Crippen MR) is 99.7 cm³/mol. The van der Waals surface area contributed by atoms with Crippen LogP contribution in [0.3, 0.4) is 0 Å². The number of rotatable bonds is 7. The molecular formula is C20H26N2O4. The standard InChI is InChI=1S/C20H26N2O4/c1-15-5-8-18(26-15)11-12-21-20(23)22-16-6-9-17(10-7-16)25-14-19-4-2-3-13-24-19/h5-10,19H,2-4,11-14H2,1H3,(H2,21,22,23). The first kappa shape index (κ1) is 18.3. The van der Waals surface area contributed by atoms with E-state index in [4.69, 9.17) is 13.9 Å². The number of anilines is 1. The summed E-state index contributed by atoms with van der Waals surface area (Å²) in [6.07, 6.45) is 4.24. The molecule has 3 rings (SSSR count). The van der Waals surface area contributed by atoms with Crippen molar-refractivity contribution in [1.29, 1.82) is 0 Å². The molecule has 1 saturated heterocycles. The molecule has 1 atom stereocenters. The molecule has 0 bridgehead atoms. The lowest BCUT2D eigenvalue weighted by molar-refractivity contribution is -0.0110. The Hall–Kier alpha value is -2.47. The number of nitrogens with one attached hydrogen (secondary N) is 2. The van der Waals surface area contributed by atoms with Gasteiger partial charge < -0.3 is 24.5 Å². The van der Waals surface area contributed by atoms with Crippen LogP contribution >= 0.6 is 0 Å². The van der Waals surface area contributed by atoms with Crippen LogP contribution in [0.5, 0.6) is 5.75 Å². The molecule has 0 radical (unpaired) electrons. The maximum absolute atomic E-state index is 11.9. The van der Waals surface area contributed by atoms with Crippen LogP contribution in [0.15, 0.2) is 40.8 Å². The van der Waals surface area contributed by atoms with E-state index in [0.29, 0.717) is 19.6 Å². The van der Waals surface area contributed by atoms with Gasteiger partial charge in [0.1, 0.15) is 23.9 Å². The zero-order valence-electron chi connectivity index (χ0n) is 15.1. The molecule has 6 heteroatoms. The van der Waals surface area contributed by atoms with Gasteiger partial charge in [-0.25, -0.2) is 4.79 Å². The summed E-state index contributed by atoms with van der Waals surface area (Å²) in [5.74, 6) is 2.52. The molecule has 0 saturated carbocycles. The summed E-state index contributed by atoms with van der Waals surface area (Å²) in [6.45, 7) is 3.81. The SMILES string of the molecule is Cc1ccc(CCNC(=O)Nc2ccc(OCC3CCCCO3)cc2)o1. The van der Waals surface area contributed by atoms with Gasteiger partial charge >= 0.3 is 6.03 Å². The zero-order chi connectivity index (χ0) is 18.2. The van der Waals surface area contributed by atoms with Gasteiger partial charge in [-0.15, -0.1) is 0 Å². The average Bonchev–Trinajstić information content (AvgIpc) is 3.07. The van der Waals surface area contributed by atoms with Crippen LogP contribution in [0.4, 0.5) is 10.5 Å². The maximum Gasteiger partial charge on any atom is 0.319 e. The number of carbonyl (C=O) groups excluding carboxylic acids is 1. The number of ether oxygens (including phenoxy) is 2. The highest BCUT2D eigenvalue weighted by Crippen LogP contribution is 2.18. The zero-order valence-corrected chi connectivity index (χ0v) is 15.1. The molecule has 2 N–H and O–H groups in total. The largest absolute Gasteiger partial charge is 0.491 e. The van der Waals surface area contributed by atoms with Crippen LogP contribution in [-0.2, 0) is 11.2 Å². The molecule has 1 aromatic heterocycles. The molecule has 2 heterocycles. The number of benzene rings is 1. The average molecular weight is 358 g/mol. The fourth-order valence-corrected chi connectivity index (χ4v) is 2.86. The van der Waals surface area contributed by atoms with E-state index in [-0.39, 0.29) is 12.1 Å². The van der Waals surface area contributed by atoms with Gasteiger partial charge in [-0.2, -0.15) is 0 Å². The molecule has 2 aromatic rings. The Bertz CT molecular complexity index is 690. The molecule has 6 nitrogen and oxygen atoms in total. The van der Waals surface area contributed by atoms with Crippen LogP contribution in [0.25, 0.3) is 0 Å². The second-order valence-corrected chi connectivity index (χ2v) is 6.47. The third-order valence-electron chi connectivity index (χ3n) is 4.28. The van der Waals surface area contributed by atoms with E-state index >= 15 is 0 Å². The van der Waals surface area contributed by atoms with Crippen molar-refractivity contribution in [2.24, 2.45) is 0 Å². The Morgan fingerprint density at radius 3 is 2.73 bits per heavy atom. The molecule has 1 aliphatic heterocycles. The van der Waals surface area contributed by atoms with Crippen molar-refractivity contribution >= 4 is 11.7 Å². The van der Waals surface area contributed by atoms with Gasteiger partial charge in [-0.05, 0) is 62.6 Å². The summed E-state index contributed by atoms with van der Waals surface area (Å²) in [5.41, 5.74) is 0.720. The first-order valence-electron chi connectivity index (χ1n) is 9.14. The van der Waals surface area contributed by atoms with Gasteiger partial charge in [-0.3, -0.25) is 0 Å². The molecule has 2 amide bonds. The van der Waals surface area contributed by atoms with Crippen molar-refractivity contribution in [2.45, 2.75) is 38.7 Å². The minimum Gasteiger partial charge on any atom is -0.491 e. The highest BCUT2D eigenvalue weighted by molar-refractivity contribution is 5.89. The Morgan fingerprint density at radius 1 is 1.19 bits per heavy atom. The van der Waals surface area contributed by atoms with Gasteiger partial charge in [0.25, 0.3) is 0 Å². The fraction of sp³-hybridized carbons (Fsp3) is 0.450. The Kier molecular flexibility index (Phi) is 6.55. The van der Waals surface area contributed by atoms with Crippen molar-refractivity contribution in [3.8, 4) is 5.75 Å². The van der Waals surface area contributed by atoms with Gasteiger partial charge in [0.05, 0.1) is 6.10 Å². The van der Waals surface area contributed by atoms with Gasteiger partial charge in [0.2, 0.25) is 0 Å². The number of hydrogen-bond donors (Lipinski definition) is 2. The van der Waals surface area contributed by atoms with E-state index in [1.54, 1.807) is 0 Å². The van der Waals surface area contributed by atoms with E-state index in [1.807, 2.05) is 43.3 Å². The van der Waals surface area contributed by atoms with E-state index < -0.39 is 0 Å². The quantitative estimate of drug-likeness (QED) is 0.787. The molecule has 1 fully saturated rings. The van der Waals surface area contributed by atoms with Crippen LogP contribution in [0.2, 0.25) is 0 Å². The first-order valence-corrected chi connectivity index (χ1v) is 9.14. The number of urea groups is 1. The summed E-state index contributed by atoms with van der Waals surface area (Å²) in [6, 6.07) is 11.0. The van der Waals surface area contributed by atoms with Crippen LogP contribution in [-0.4, -0.2) is 31.9 Å². The van der Waals surface area contributed by atoms with Crippen molar-refractivity contribution in [1.82, 2.24) is 5.32 Å². The summed E-state index contributed by atoms with van der Waals surface area (Å²) in [5, 5.41) is 5.62. The number of amides is 2. The highest BCUT2D eigenvalue weighted by Gasteiger charge is 2.14. The van der Waals surface area contributed by atoms with E-state index in [1.165, 1.54) is 6.42 Å². The molecule has 0 spiro atoms. The fourth-order valence-electron chi connectivity index (χ4n) is 2.86. The van der Waals surface area contributed by atoms with Gasteiger partial charge in [0, 0.05) is 25.3 Å².